The molecule has 2 N–H and O–H groups in total. The second-order valence-electron chi connectivity index (χ2n) is 7.94. The van der Waals surface area contributed by atoms with Crippen molar-refractivity contribution in [3.05, 3.63) is 48.6 Å². The van der Waals surface area contributed by atoms with Crippen LogP contribution in [0.3, 0.4) is 0 Å². The molecule has 1 atom stereocenters. The predicted molar refractivity (Wildman–Crippen MR) is 109 cm³/mol. The summed E-state index contributed by atoms with van der Waals surface area (Å²) in [7, 11) is 0. The molecule has 1 aromatic carbocycles. The average molecular weight is 417 g/mol. The van der Waals surface area contributed by atoms with Crippen LogP contribution in [0.15, 0.2) is 43.0 Å². The minimum absolute atomic E-state index is 0.0908. The molecule has 9 heteroatoms. The highest BCUT2D eigenvalue weighted by Gasteiger charge is 2.52. The summed E-state index contributed by atoms with van der Waals surface area (Å²) in [6.45, 7) is 8.12. The fourth-order valence-electron chi connectivity index (χ4n) is 3.30. The predicted octanol–water partition coefficient (Wildman–Crippen LogP) is 2.49. The smallest absolute Gasteiger partial charge is 0.408 e. The molecule has 0 aliphatic carbocycles. The summed E-state index contributed by atoms with van der Waals surface area (Å²) < 4.78 is 5.19. The molecule has 0 radical (unpaired) electrons. The summed E-state index contributed by atoms with van der Waals surface area (Å²) in [5.41, 5.74) is -2.18. The molecule has 1 aliphatic rings. The van der Waals surface area contributed by atoms with E-state index in [1.54, 1.807) is 51.1 Å². The van der Waals surface area contributed by atoms with Crippen molar-refractivity contribution < 1.29 is 29.0 Å². The zero-order valence-corrected chi connectivity index (χ0v) is 17.4. The first kappa shape index (κ1) is 22.9. The fraction of sp³-hybridized carbons (Fsp3) is 0.429. The molecule has 0 saturated carbocycles. The second-order valence-corrected chi connectivity index (χ2v) is 7.94. The molecule has 1 aromatic rings. The van der Waals surface area contributed by atoms with Crippen molar-refractivity contribution in [2.24, 2.45) is 0 Å². The van der Waals surface area contributed by atoms with Crippen LogP contribution >= 0.6 is 0 Å². The molecule has 0 aromatic heterocycles. The fourth-order valence-corrected chi connectivity index (χ4v) is 3.30. The second kappa shape index (κ2) is 8.98. The zero-order chi connectivity index (χ0) is 22.5. The van der Waals surface area contributed by atoms with Crippen LogP contribution in [0.1, 0.15) is 37.6 Å². The lowest BCUT2D eigenvalue weighted by molar-refractivity contribution is -0.145. The van der Waals surface area contributed by atoms with Gasteiger partial charge in [0.05, 0.1) is 6.54 Å². The van der Waals surface area contributed by atoms with Crippen LogP contribution in [-0.4, -0.2) is 69.7 Å². The molecule has 1 heterocycles. The SMILES string of the molecule is C=CCC1(CNC(=O)OC(C)(C)C)C(=O)N(C(=O)c2ccccc2)CCN1C(=O)O. The average Bonchev–Trinajstić information content (AvgIpc) is 2.67. The summed E-state index contributed by atoms with van der Waals surface area (Å²) in [4.78, 5) is 52.4. The summed E-state index contributed by atoms with van der Waals surface area (Å²) in [5.74, 6) is -1.25. The van der Waals surface area contributed by atoms with Crippen molar-refractivity contribution in [2.75, 3.05) is 19.6 Å². The summed E-state index contributed by atoms with van der Waals surface area (Å²) >= 11 is 0. The number of carboxylic acid groups (broad SMARTS) is 1. The normalized spacial score (nSPS) is 19.2. The van der Waals surface area contributed by atoms with Crippen LogP contribution in [0.25, 0.3) is 0 Å². The number of nitrogens with one attached hydrogen (secondary N) is 1. The van der Waals surface area contributed by atoms with E-state index in [2.05, 4.69) is 11.9 Å². The number of piperazine rings is 1. The van der Waals surface area contributed by atoms with Crippen LogP contribution in [0.4, 0.5) is 9.59 Å². The van der Waals surface area contributed by atoms with Gasteiger partial charge in [0.1, 0.15) is 11.1 Å². The maximum Gasteiger partial charge on any atom is 0.408 e. The number of rotatable bonds is 5. The molecule has 1 fully saturated rings. The van der Waals surface area contributed by atoms with Crippen molar-refractivity contribution in [1.29, 1.82) is 0 Å². The van der Waals surface area contributed by atoms with Gasteiger partial charge in [0, 0.05) is 18.7 Å². The van der Waals surface area contributed by atoms with Crippen LogP contribution in [0, 0.1) is 0 Å². The Hall–Kier alpha value is -3.36. The zero-order valence-electron chi connectivity index (χ0n) is 17.4. The Balaban J connectivity index is 2.36. The molecule has 1 aliphatic heterocycles. The van der Waals surface area contributed by atoms with Gasteiger partial charge in [0.15, 0.2) is 0 Å². The minimum atomic E-state index is -1.72. The van der Waals surface area contributed by atoms with Gasteiger partial charge in [-0.2, -0.15) is 0 Å². The first-order chi connectivity index (χ1) is 14.0. The number of alkyl carbamates (subject to hydrolysis) is 1. The summed E-state index contributed by atoms with van der Waals surface area (Å²) in [6, 6.07) is 8.24. The van der Waals surface area contributed by atoms with Crippen molar-refractivity contribution in [3.8, 4) is 0 Å². The Bertz CT molecular complexity index is 833. The summed E-state index contributed by atoms with van der Waals surface area (Å²) in [5, 5.41) is 12.2. The van der Waals surface area contributed by atoms with E-state index >= 15 is 0 Å². The highest BCUT2D eigenvalue weighted by atomic mass is 16.6. The molecule has 4 amide bonds. The van der Waals surface area contributed by atoms with Crippen molar-refractivity contribution in [3.63, 3.8) is 0 Å². The molecule has 1 saturated heterocycles. The van der Waals surface area contributed by atoms with E-state index in [4.69, 9.17) is 4.74 Å². The van der Waals surface area contributed by atoms with E-state index in [9.17, 15) is 24.3 Å². The highest BCUT2D eigenvalue weighted by Crippen LogP contribution is 2.28. The molecule has 2 rings (SSSR count). The maximum absolute atomic E-state index is 13.4. The quantitative estimate of drug-likeness (QED) is 0.562. The maximum atomic E-state index is 13.4. The number of ether oxygens (including phenoxy) is 1. The van der Waals surface area contributed by atoms with E-state index in [1.807, 2.05) is 0 Å². The number of hydrogen-bond donors (Lipinski definition) is 2. The third-order valence-corrected chi connectivity index (χ3v) is 4.61. The Labute approximate surface area is 175 Å². The van der Waals surface area contributed by atoms with Gasteiger partial charge >= 0.3 is 12.2 Å². The number of carbonyl (C=O) groups is 4. The Morgan fingerprint density at radius 3 is 2.40 bits per heavy atom. The molecule has 9 nitrogen and oxygen atoms in total. The first-order valence-corrected chi connectivity index (χ1v) is 9.51. The van der Waals surface area contributed by atoms with Crippen LogP contribution in [0.5, 0.6) is 0 Å². The molecule has 162 valence electrons. The van der Waals surface area contributed by atoms with Crippen molar-refractivity contribution >= 4 is 24.0 Å². The van der Waals surface area contributed by atoms with E-state index < -0.39 is 35.1 Å². The van der Waals surface area contributed by atoms with Crippen LogP contribution < -0.4 is 5.32 Å². The molecule has 1 unspecified atom stereocenters. The third-order valence-electron chi connectivity index (χ3n) is 4.61. The van der Waals surface area contributed by atoms with Crippen molar-refractivity contribution in [1.82, 2.24) is 15.1 Å². The van der Waals surface area contributed by atoms with Gasteiger partial charge in [-0.05, 0) is 39.3 Å². The lowest BCUT2D eigenvalue weighted by Crippen LogP contribution is -2.71. The number of carbonyl (C=O) groups excluding carboxylic acids is 3. The highest BCUT2D eigenvalue weighted by molar-refractivity contribution is 6.08. The van der Waals surface area contributed by atoms with Gasteiger partial charge in [0.2, 0.25) is 0 Å². The van der Waals surface area contributed by atoms with E-state index in [-0.39, 0.29) is 26.1 Å². The molecular weight excluding hydrogens is 390 g/mol. The topological polar surface area (TPSA) is 116 Å². The van der Waals surface area contributed by atoms with E-state index in [0.717, 1.165) is 9.80 Å². The Morgan fingerprint density at radius 2 is 1.87 bits per heavy atom. The number of amides is 4. The largest absolute Gasteiger partial charge is 0.465 e. The van der Waals surface area contributed by atoms with Crippen molar-refractivity contribution in [2.45, 2.75) is 38.3 Å². The monoisotopic (exact) mass is 417 g/mol. The standard InChI is InChI=1S/C21H27N3O6/c1-5-11-21(14-22-18(27)30-20(2,3)4)17(26)23(12-13-24(21)19(28)29)16(25)15-9-7-6-8-10-15/h5-10H,1,11-14H2,2-4H3,(H,22,27)(H,28,29). The van der Waals surface area contributed by atoms with Crippen LogP contribution in [0.2, 0.25) is 0 Å². The molecule has 0 bridgehead atoms. The van der Waals surface area contributed by atoms with Gasteiger partial charge in [-0.1, -0.05) is 24.3 Å². The van der Waals surface area contributed by atoms with E-state index in [0.29, 0.717) is 5.56 Å². The van der Waals surface area contributed by atoms with Gasteiger partial charge in [-0.3, -0.25) is 19.4 Å². The number of nitrogens with zero attached hydrogens (tertiary/aromatic N) is 2. The number of hydrogen-bond acceptors (Lipinski definition) is 5. The summed E-state index contributed by atoms with van der Waals surface area (Å²) in [6.07, 6.45) is -0.827. The van der Waals surface area contributed by atoms with E-state index in [1.165, 1.54) is 6.08 Å². The lowest BCUT2D eigenvalue weighted by Gasteiger charge is -2.47. The Morgan fingerprint density at radius 1 is 1.23 bits per heavy atom. The minimum Gasteiger partial charge on any atom is -0.465 e. The molecule has 0 spiro atoms. The first-order valence-electron chi connectivity index (χ1n) is 9.51. The van der Waals surface area contributed by atoms with Crippen LogP contribution in [-0.2, 0) is 9.53 Å². The van der Waals surface area contributed by atoms with Gasteiger partial charge in [0.25, 0.3) is 11.8 Å². The number of imide groups is 1. The Kier molecular flexibility index (Phi) is 6.86. The molecule has 30 heavy (non-hydrogen) atoms. The lowest BCUT2D eigenvalue weighted by atomic mass is 9.88. The van der Waals surface area contributed by atoms with Gasteiger partial charge in [-0.25, -0.2) is 9.59 Å². The van der Waals surface area contributed by atoms with Gasteiger partial charge in [-0.15, -0.1) is 6.58 Å². The number of benzene rings is 1. The third kappa shape index (κ3) is 4.97. The molecular formula is C21H27N3O6. The van der Waals surface area contributed by atoms with Gasteiger partial charge < -0.3 is 15.2 Å².